The molecule has 1 saturated heterocycles. The van der Waals surface area contributed by atoms with Crippen molar-refractivity contribution in [1.29, 1.82) is 0 Å². The Bertz CT molecular complexity index is 330. The van der Waals surface area contributed by atoms with Crippen molar-refractivity contribution in [3.63, 3.8) is 0 Å². The first-order valence-electron chi connectivity index (χ1n) is 6.74. The van der Waals surface area contributed by atoms with Crippen molar-refractivity contribution >= 4 is 23.1 Å². The van der Waals surface area contributed by atoms with E-state index in [9.17, 15) is 9.90 Å². The highest BCUT2D eigenvalue weighted by molar-refractivity contribution is 7.80. The Morgan fingerprint density at radius 2 is 2.11 bits per heavy atom. The van der Waals surface area contributed by atoms with Crippen molar-refractivity contribution in [2.24, 2.45) is 11.7 Å². The highest BCUT2D eigenvalue weighted by Gasteiger charge is 2.34. The molecule has 0 radical (unpaired) electrons. The molecule has 1 fully saturated rings. The molecule has 0 saturated carbocycles. The van der Waals surface area contributed by atoms with Crippen LogP contribution in [-0.2, 0) is 9.53 Å². The van der Waals surface area contributed by atoms with Gasteiger partial charge in [-0.25, -0.2) is 0 Å². The SMILES string of the molecule is CCCC(C(=O)N(C)CC1(O)CCOCC1)C(N)=S. The molecule has 0 aromatic heterocycles. The summed E-state index contributed by atoms with van der Waals surface area (Å²) in [5, 5.41) is 10.4. The van der Waals surface area contributed by atoms with E-state index in [2.05, 4.69) is 0 Å². The van der Waals surface area contributed by atoms with Crippen LogP contribution in [0.15, 0.2) is 0 Å². The van der Waals surface area contributed by atoms with Crippen LogP contribution in [0, 0.1) is 5.92 Å². The summed E-state index contributed by atoms with van der Waals surface area (Å²) in [7, 11) is 1.69. The number of amides is 1. The number of hydrogen-bond acceptors (Lipinski definition) is 4. The molecule has 1 atom stereocenters. The van der Waals surface area contributed by atoms with E-state index in [1.54, 1.807) is 11.9 Å². The molecule has 3 N–H and O–H groups in total. The minimum absolute atomic E-state index is 0.103. The summed E-state index contributed by atoms with van der Waals surface area (Å²) in [5.74, 6) is -0.525. The number of ether oxygens (including phenoxy) is 1. The maximum Gasteiger partial charge on any atom is 0.232 e. The third-order valence-electron chi connectivity index (χ3n) is 3.55. The standard InChI is InChI=1S/C13H24N2O3S/c1-3-4-10(11(14)19)12(16)15(2)9-13(17)5-7-18-8-6-13/h10,17H,3-9H2,1-2H3,(H2,14,19). The van der Waals surface area contributed by atoms with Gasteiger partial charge < -0.3 is 20.5 Å². The number of aliphatic hydroxyl groups is 1. The molecule has 1 unspecified atom stereocenters. The van der Waals surface area contributed by atoms with Crippen molar-refractivity contribution < 1.29 is 14.6 Å². The number of likely N-dealkylation sites (N-methyl/N-ethyl adjacent to an activating group) is 1. The van der Waals surface area contributed by atoms with Gasteiger partial charge in [0, 0.05) is 39.6 Å². The Labute approximate surface area is 120 Å². The van der Waals surface area contributed by atoms with Crippen LogP contribution in [-0.4, -0.2) is 53.3 Å². The molecule has 0 aliphatic carbocycles. The van der Waals surface area contributed by atoms with Gasteiger partial charge in [0.15, 0.2) is 0 Å². The van der Waals surface area contributed by atoms with E-state index in [1.165, 1.54) is 0 Å². The van der Waals surface area contributed by atoms with E-state index in [1.807, 2.05) is 6.92 Å². The molecule has 1 rings (SSSR count). The summed E-state index contributed by atoms with van der Waals surface area (Å²) in [6.07, 6.45) is 2.60. The molecule has 0 spiro atoms. The molecule has 6 heteroatoms. The van der Waals surface area contributed by atoms with Crippen molar-refractivity contribution in [1.82, 2.24) is 4.90 Å². The van der Waals surface area contributed by atoms with Crippen molar-refractivity contribution in [2.75, 3.05) is 26.8 Å². The maximum atomic E-state index is 12.3. The summed E-state index contributed by atoms with van der Waals surface area (Å²) in [6.45, 7) is 3.36. The Balaban J connectivity index is 2.62. The largest absolute Gasteiger partial charge is 0.393 e. The highest BCUT2D eigenvalue weighted by Crippen LogP contribution is 2.22. The average Bonchev–Trinajstić information content (AvgIpc) is 2.35. The zero-order valence-electron chi connectivity index (χ0n) is 11.7. The Kier molecular flexibility index (Phi) is 6.16. The lowest BCUT2D eigenvalue weighted by Crippen LogP contribution is -2.49. The number of nitrogens with two attached hydrogens (primary N) is 1. The minimum Gasteiger partial charge on any atom is -0.393 e. The van der Waals surface area contributed by atoms with Crippen LogP contribution < -0.4 is 5.73 Å². The van der Waals surface area contributed by atoms with Crippen LogP contribution in [0.5, 0.6) is 0 Å². The summed E-state index contributed by atoms with van der Waals surface area (Å²) < 4.78 is 5.23. The molecule has 1 heterocycles. The van der Waals surface area contributed by atoms with Crippen molar-refractivity contribution in [2.45, 2.75) is 38.2 Å². The first-order valence-corrected chi connectivity index (χ1v) is 7.15. The topological polar surface area (TPSA) is 75.8 Å². The van der Waals surface area contributed by atoms with Crippen LogP contribution in [0.3, 0.4) is 0 Å². The quantitative estimate of drug-likeness (QED) is 0.703. The van der Waals surface area contributed by atoms with Crippen LogP contribution >= 0.6 is 12.2 Å². The molecule has 1 amide bonds. The van der Waals surface area contributed by atoms with Crippen molar-refractivity contribution in [3.8, 4) is 0 Å². The zero-order chi connectivity index (χ0) is 14.5. The molecule has 1 aliphatic heterocycles. The van der Waals surface area contributed by atoms with Gasteiger partial charge in [0.1, 0.15) is 0 Å². The normalized spacial score (nSPS) is 19.7. The molecule has 0 aromatic carbocycles. The average molecular weight is 288 g/mol. The highest BCUT2D eigenvalue weighted by atomic mass is 32.1. The van der Waals surface area contributed by atoms with Gasteiger partial charge in [-0.15, -0.1) is 0 Å². The van der Waals surface area contributed by atoms with E-state index >= 15 is 0 Å². The predicted octanol–water partition coefficient (Wildman–Crippen LogP) is 0.689. The van der Waals surface area contributed by atoms with Gasteiger partial charge in [0.25, 0.3) is 0 Å². The molecule has 1 aliphatic rings. The fraction of sp³-hybridized carbons (Fsp3) is 0.846. The number of rotatable bonds is 6. The Morgan fingerprint density at radius 3 is 2.58 bits per heavy atom. The van der Waals surface area contributed by atoms with Gasteiger partial charge in [-0.2, -0.15) is 0 Å². The number of carbonyl (C=O) groups is 1. The first kappa shape index (κ1) is 16.3. The molecular weight excluding hydrogens is 264 g/mol. The van der Waals surface area contributed by atoms with Crippen LogP contribution in [0.25, 0.3) is 0 Å². The number of nitrogens with zero attached hydrogens (tertiary/aromatic N) is 1. The van der Waals surface area contributed by atoms with E-state index in [0.29, 0.717) is 39.0 Å². The van der Waals surface area contributed by atoms with Gasteiger partial charge in [-0.3, -0.25) is 4.79 Å². The molecule has 0 aromatic rings. The van der Waals surface area contributed by atoms with Gasteiger partial charge in [-0.05, 0) is 6.42 Å². The Morgan fingerprint density at radius 1 is 1.53 bits per heavy atom. The summed E-state index contributed by atoms with van der Waals surface area (Å²) in [6, 6.07) is 0. The summed E-state index contributed by atoms with van der Waals surface area (Å²) in [4.78, 5) is 14.1. The molecule has 5 nitrogen and oxygen atoms in total. The smallest absolute Gasteiger partial charge is 0.232 e. The number of hydrogen-bond donors (Lipinski definition) is 2. The second-order valence-corrected chi connectivity index (χ2v) is 5.75. The molecule has 19 heavy (non-hydrogen) atoms. The molecule has 0 bridgehead atoms. The van der Waals surface area contributed by atoms with E-state index in [-0.39, 0.29) is 10.9 Å². The minimum atomic E-state index is -0.852. The lowest BCUT2D eigenvalue weighted by atomic mass is 9.93. The summed E-state index contributed by atoms with van der Waals surface area (Å²) in [5.41, 5.74) is 4.78. The van der Waals surface area contributed by atoms with Crippen molar-refractivity contribution in [3.05, 3.63) is 0 Å². The second-order valence-electron chi connectivity index (χ2n) is 5.27. The predicted molar refractivity (Wildman–Crippen MR) is 77.8 cm³/mol. The van der Waals surface area contributed by atoms with Gasteiger partial charge in [0.05, 0.1) is 16.5 Å². The third-order valence-corrected chi connectivity index (χ3v) is 3.83. The van der Waals surface area contributed by atoms with Gasteiger partial charge >= 0.3 is 0 Å². The lowest BCUT2D eigenvalue weighted by Gasteiger charge is -2.36. The lowest BCUT2D eigenvalue weighted by molar-refractivity contribution is -0.139. The number of carbonyl (C=O) groups excluding carboxylic acids is 1. The van der Waals surface area contributed by atoms with Gasteiger partial charge in [-0.1, -0.05) is 25.6 Å². The fourth-order valence-corrected chi connectivity index (χ4v) is 2.59. The van der Waals surface area contributed by atoms with E-state index in [0.717, 1.165) is 6.42 Å². The maximum absolute atomic E-state index is 12.3. The zero-order valence-corrected chi connectivity index (χ0v) is 12.5. The van der Waals surface area contributed by atoms with Gasteiger partial charge in [0.2, 0.25) is 5.91 Å². The first-order chi connectivity index (χ1) is 8.89. The molecule has 110 valence electrons. The third kappa shape index (κ3) is 4.71. The monoisotopic (exact) mass is 288 g/mol. The second kappa shape index (κ2) is 7.17. The summed E-state index contributed by atoms with van der Waals surface area (Å²) >= 11 is 4.96. The number of thiocarbonyl (C=S) groups is 1. The molecular formula is C13H24N2O3S. The van der Waals surface area contributed by atoms with Crippen LogP contribution in [0.2, 0.25) is 0 Å². The van der Waals surface area contributed by atoms with Crippen LogP contribution in [0.4, 0.5) is 0 Å². The fourth-order valence-electron chi connectivity index (χ4n) is 2.37. The van der Waals surface area contributed by atoms with E-state index in [4.69, 9.17) is 22.7 Å². The Hall–Kier alpha value is -0.720. The van der Waals surface area contributed by atoms with Crippen LogP contribution in [0.1, 0.15) is 32.6 Å². The van der Waals surface area contributed by atoms with E-state index < -0.39 is 11.5 Å².